The van der Waals surface area contributed by atoms with Crippen molar-refractivity contribution >= 4 is 11.8 Å². The van der Waals surface area contributed by atoms with Gasteiger partial charge in [0.25, 0.3) is 5.91 Å². The maximum atomic E-state index is 12.5. The van der Waals surface area contributed by atoms with E-state index in [4.69, 9.17) is 16.2 Å². The van der Waals surface area contributed by atoms with Crippen LogP contribution in [-0.2, 0) is 14.3 Å². The molecule has 1 heterocycles. The molecule has 2 rings (SSSR count). The highest BCUT2D eigenvalue weighted by atomic mass is 16.5. The Morgan fingerprint density at radius 1 is 1.16 bits per heavy atom. The second kappa shape index (κ2) is 6.34. The average Bonchev–Trinajstić information content (AvgIpc) is 3.05. The Balaban J connectivity index is 2.00. The average molecular weight is 269 g/mol. The van der Waals surface area contributed by atoms with Gasteiger partial charge in [-0.2, -0.15) is 0 Å². The Labute approximate surface area is 113 Å². The Bertz CT molecular complexity index is 342. The zero-order valence-corrected chi connectivity index (χ0v) is 11.2. The van der Waals surface area contributed by atoms with E-state index in [1.807, 2.05) is 0 Å². The van der Waals surface area contributed by atoms with Crippen LogP contribution in [-0.4, -0.2) is 48.1 Å². The van der Waals surface area contributed by atoms with Gasteiger partial charge in [-0.05, 0) is 25.7 Å². The lowest BCUT2D eigenvalue weighted by Crippen LogP contribution is -2.48. The molecule has 0 aromatic rings. The maximum Gasteiger partial charge on any atom is 0.252 e. The molecule has 0 bridgehead atoms. The standard InChI is InChI=1S/C13H23N3O3/c14-7-10-5-6-11(19-10)13(18)16(8-12(15)17)9-3-1-2-4-9/h9-11H,1-8,14H2,(H2,15,17). The number of rotatable bonds is 5. The van der Waals surface area contributed by atoms with Crippen LogP contribution in [0.15, 0.2) is 0 Å². The summed E-state index contributed by atoms with van der Waals surface area (Å²) < 4.78 is 5.63. The number of hydrogen-bond donors (Lipinski definition) is 2. The molecule has 108 valence electrons. The SMILES string of the molecule is NCC1CCC(C(=O)N(CC(N)=O)C2CCCC2)O1. The fourth-order valence-electron chi connectivity index (χ4n) is 3.02. The number of nitrogens with zero attached hydrogens (tertiary/aromatic N) is 1. The molecule has 6 heteroatoms. The van der Waals surface area contributed by atoms with Crippen LogP contribution in [0.1, 0.15) is 38.5 Å². The monoisotopic (exact) mass is 269 g/mol. The molecule has 6 nitrogen and oxygen atoms in total. The lowest BCUT2D eigenvalue weighted by atomic mass is 10.1. The van der Waals surface area contributed by atoms with Gasteiger partial charge in [-0.3, -0.25) is 9.59 Å². The summed E-state index contributed by atoms with van der Waals surface area (Å²) in [5, 5.41) is 0. The van der Waals surface area contributed by atoms with E-state index < -0.39 is 12.0 Å². The minimum atomic E-state index is -0.464. The summed E-state index contributed by atoms with van der Waals surface area (Å²) in [5.41, 5.74) is 10.8. The number of carbonyl (C=O) groups is 2. The number of hydrogen-bond acceptors (Lipinski definition) is 4. The molecule has 2 fully saturated rings. The number of ether oxygens (including phenoxy) is 1. The molecule has 0 spiro atoms. The van der Waals surface area contributed by atoms with Gasteiger partial charge in [0.15, 0.2) is 0 Å². The summed E-state index contributed by atoms with van der Waals surface area (Å²) in [6, 6.07) is 0.139. The first-order valence-electron chi connectivity index (χ1n) is 7.06. The first kappa shape index (κ1) is 14.3. The van der Waals surface area contributed by atoms with Gasteiger partial charge in [0.1, 0.15) is 6.10 Å². The van der Waals surface area contributed by atoms with Crippen LogP contribution in [0.2, 0.25) is 0 Å². The van der Waals surface area contributed by atoms with Crippen LogP contribution in [0.5, 0.6) is 0 Å². The van der Waals surface area contributed by atoms with Gasteiger partial charge in [-0.15, -0.1) is 0 Å². The highest BCUT2D eigenvalue weighted by molar-refractivity contribution is 5.86. The molecule has 2 unspecified atom stereocenters. The first-order valence-corrected chi connectivity index (χ1v) is 7.06. The molecule has 4 N–H and O–H groups in total. The summed E-state index contributed by atoms with van der Waals surface area (Å²) in [4.78, 5) is 25.3. The van der Waals surface area contributed by atoms with Gasteiger partial charge in [0.05, 0.1) is 12.6 Å². The summed E-state index contributed by atoms with van der Waals surface area (Å²) in [7, 11) is 0. The summed E-state index contributed by atoms with van der Waals surface area (Å²) >= 11 is 0. The third kappa shape index (κ3) is 3.45. The molecule has 2 atom stereocenters. The Kier molecular flexibility index (Phi) is 4.76. The molecule has 19 heavy (non-hydrogen) atoms. The normalized spacial score (nSPS) is 27.6. The van der Waals surface area contributed by atoms with E-state index >= 15 is 0 Å². The minimum absolute atomic E-state index is 0.00332. The van der Waals surface area contributed by atoms with Gasteiger partial charge < -0.3 is 21.1 Å². The van der Waals surface area contributed by atoms with Gasteiger partial charge in [0.2, 0.25) is 5.91 Å². The van der Waals surface area contributed by atoms with Crippen molar-refractivity contribution in [2.24, 2.45) is 11.5 Å². The van der Waals surface area contributed by atoms with E-state index in [1.165, 1.54) is 0 Å². The van der Waals surface area contributed by atoms with Crippen LogP contribution in [0, 0.1) is 0 Å². The molecular formula is C13H23N3O3. The van der Waals surface area contributed by atoms with Crippen LogP contribution in [0.4, 0.5) is 0 Å². The molecule has 1 aliphatic heterocycles. The smallest absolute Gasteiger partial charge is 0.252 e. The summed E-state index contributed by atoms with van der Waals surface area (Å²) in [5.74, 6) is -0.560. The minimum Gasteiger partial charge on any atom is -0.368 e. The fraction of sp³-hybridized carbons (Fsp3) is 0.846. The van der Waals surface area contributed by atoms with Gasteiger partial charge in [-0.1, -0.05) is 12.8 Å². The maximum absolute atomic E-state index is 12.5. The Hall–Kier alpha value is -1.14. The van der Waals surface area contributed by atoms with E-state index in [0.29, 0.717) is 13.0 Å². The van der Waals surface area contributed by atoms with Crippen molar-refractivity contribution in [3.8, 4) is 0 Å². The van der Waals surface area contributed by atoms with Crippen molar-refractivity contribution < 1.29 is 14.3 Å². The van der Waals surface area contributed by atoms with Crippen LogP contribution < -0.4 is 11.5 Å². The van der Waals surface area contributed by atoms with Crippen molar-refractivity contribution in [2.75, 3.05) is 13.1 Å². The van der Waals surface area contributed by atoms with Gasteiger partial charge >= 0.3 is 0 Å². The highest BCUT2D eigenvalue weighted by Crippen LogP contribution is 2.27. The quantitative estimate of drug-likeness (QED) is 0.719. The van der Waals surface area contributed by atoms with Crippen LogP contribution in [0.3, 0.4) is 0 Å². The second-order valence-electron chi connectivity index (χ2n) is 5.43. The number of amides is 2. The molecule has 0 aromatic heterocycles. The van der Waals surface area contributed by atoms with E-state index in [0.717, 1.165) is 32.1 Å². The van der Waals surface area contributed by atoms with Crippen molar-refractivity contribution in [1.29, 1.82) is 0 Å². The van der Waals surface area contributed by atoms with Crippen molar-refractivity contribution in [3.63, 3.8) is 0 Å². The van der Waals surface area contributed by atoms with Gasteiger partial charge in [0, 0.05) is 12.6 Å². The molecule has 1 saturated carbocycles. The van der Waals surface area contributed by atoms with Crippen molar-refractivity contribution in [2.45, 2.75) is 56.8 Å². The highest BCUT2D eigenvalue weighted by Gasteiger charge is 2.36. The first-order chi connectivity index (χ1) is 9.11. The Morgan fingerprint density at radius 2 is 1.84 bits per heavy atom. The zero-order chi connectivity index (χ0) is 13.8. The summed E-state index contributed by atoms with van der Waals surface area (Å²) in [6.45, 7) is 0.430. The lowest BCUT2D eigenvalue weighted by molar-refractivity contribution is -0.147. The largest absolute Gasteiger partial charge is 0.368 e. The predicted molar refractivity (Wildman–Crippen MR) is 70.1 cm³/mol. The van der Waals surface area contributed by atoms with Crippen molar-refractivity contribution in [1.82, 2.24) is 4.90 Å². The molecule has 1 saturated heterocycles. The molecular weight excluding hydrogens is 246 g/mol. The van der Waals surface area contributed by atoms with Crippen LogP contribution in [0.25, 0.3) is 0 Å². The van der Waals surface area contributed by atoms with E-state index in [2.05, 4.69) is 0 Å². The molecule has 2 amide bonds. The number of primary amides is 1. The fourth-order valence-corrected chi connectivity index (χ4v) is 3.02. The van der Waals surface area contributed by atoms with Gasteiger partial charge in [-0.25, -0.2) is 0 Å². The molecule has 0 aromatic carbocycles. The number of nitrogens with two attached hydrogens (primary N) is 2. The molecule has 0 radical (unpaired) electrons. The number of carbonyl (C=O) groups excluding carboxylic acids is 2. The molecule has 1 aliphatic carbocycles. The lowest BCUT2D eigenvalue weighted by Gasteiger charge is -2.30. The zero-order valence-electron chi connectivity index (χ0n) is 11.2. The molecule has 2 aliphatic rings. The predicted octanol–water partition coefficient (Wildman–Crippen LogP) is -0.251. The summed E-state index contributed by atoms with van der Waals surface area (Å²) in [6.07, 6.45) is 5.11. The second-order valence-corrected chi connectivity index (χ2v) is 5.43. The third-order valence-electron chi connectivity index (χ3n) is 4.02. The van der Waals surface area contributed by atoms with E-state index in [1.54, 1.807) is 4.90 Å². The Morgan fingerprint density at radius 3 is 2.37 bits per heavy atom. The van der Waals surface area contributed by atoms with E-state index in [-0.39, 0.29) is 24.6 Å². The van der Waals surface area contributed by atoms with Crippen LogP contribution >= 0.6 is 0 Å². The van der Waals surface area contributed by atoms with Crippen molar-refractivity contribution in [3.05, 3.63) is 0 Å². The third-order valence-corrected chi connectivity index (χ3v) is 4.02. The topological polar surface area (TPSA) is 98.7 Å². The van der Waals surface area contributed by atoms with E-state index in [9.17, 15) is 9.59 Å².